The molecule has 0 saturated carbocycles. The fourth-order valence-corrected chi connectivity index (χ4v) is 1.46. The summed E-state index contributed by atoms with van der Waals surface area (Å²) in [4.78, 5) is 21.5. The molecule has 0 spiro atoms. The summed E-state index contributed by atoms with van der Waals surface area (Å²) in [6, 6.07) is -0.729. The van der Waals surface area contributed by atoms with Crippen molar-refractivity contribution in [2.24, 2.45) is 5.73 Å². The highest BCUT2D eigenvalue weighted by Gasteiger charge is 2.41. The van der Waals surface area contributed by atoms with Crippen LogP contribution in [-0.2, 0) is 14.3 Å². The minimum Gasteiger partial charge on any atom is -0.388 e. The molecule has 0 radical (unpaired) electrons. The van der Waals surface area contributed by atoms with Gasteiger partial charge in [-0.05, 0) is 0 Å². The number of rotatable bonds is 2. The molecule has 1 rings (SSSR count). The van der Waals surface area contributed by atoms with Crippen LogP contribution in [0.25, 0.3) is 0 Å². The average molecular weight is 218 g/mol. The van der Waals surface area contributed by atoms with E-state index >= 15 is 0 Å². The first kappa shape index (κ1) is 11.9. The summed E-state index contributed by atoms with van der Waals surface area (Å²) in [5.74, 6) is -1.20. The Hall–Kier alpha value is -1.18. The minimum absolute atomic E-state index is 0.0641. The Labute approximate surface area is 86.2 Å². The van der Waals surface area contributed by atoms with Crippen molar-refractivity contribution in [2.75, 3.05) is 6.61 Å². The predicted molar refractivity (Wildman–Crippen MR) is 48.6 cm³/mol. The zero-order chi connectivity index (χ0) is 11.6. The van der Waals surface area contributed by atoms with Gasteiger partial charge in [0.1, 0.15) is 12.2 Å². The molecule has 5 N–H and O–H groups in total. The van der Waals surface area contributed by atoms with E-state index in [1.165, 1.54) is 6.92 Å². The summed E-state index contributed by atoms with van der Waals surface area (Å²) < 4.78 is 4.94. The molecule has 7 heteroatoms. The van der Waals surface area contributed by atoms with Crippen LogP contribution in [0.4, 0.5) is 0 Å². The maximum Gasteiger partial charge on any atom is 0.249 e. The second-order valence-corrected chi connectivity index (χ2v) is 3.44. The number of carbonyl (C=O) groups excluding carboxylic acids is 2. The zero-order valence-corrected chi connectivity index (χ0v) is 8.21. The number of nitrogens with two attached hydrogens (primary N) is 1. The predicted octanol–water partition coefficient (Wildman–Crippen LogP) is -2.90. The van der Waals surface area contributed by atoms with Gasteiger partial charge in [0.25, 0.3) is 0 Å². The Morgan fingerprint density at radius 3 is 2.47 bits per heavy atom. The van der Waals surface area contributed by atoms with E-state index in [0.717, 1.165) is 0 Å². The van der Waals surface area contributed by atoms with Crippen LogP contribution in [0.15, 0.2) is 0 Å². The molecule has 0 aliphatic carbocycles. The maximum atomic E-state index is 10.8. The summed E-state index contributed by atoms with van der Waals surface area (Å²) in [5, 5.41) is 21.4. The van der Waals surface area contributed by atoms with E-state index in [9.17, 15) is 19.8 Å². The lowest BCUT2D eigenvalue weighted by Crippen LogP contribution is -2.61. The van der Waals surface area contributed by atoms with Crippen molar-refractivity contribution in [1.82, 2.24) is 5.32 Å². The average Bonchev–Trinajstić information content (AvgIpc) is 2.12. The summed E-state index contributed by atoms with van der Waals surface area (Å²) in [5.41, 5.74) is 4.94. The van der Waals surface area contributed by atoms with Crippen LogP contribution in [0, 0.1) is 0 Å². The Morgan fingerprint density at radius 2 is 2.00 bits per heavy atom. The second kappa shape index (κ2) is 4.56. The molecule has 7 nitrogen and oxygen atoms in total. The molecule has 15 heavy (non-hydrogen) atoms. The molecule has 1 saturated heterocycles. The molecular formula is C8H14N2O5. The molecule has 0 bridgehead atoms. The molecule has 1 fully saturated rings. The van der Waals surface area contributed by atoms with Crippen molar-refractivity contribution >= 4 is 11.8 Å². The number of amides is 2. The lowest BCUT2D eigenvalue weighted by molar-refractivity contribution is -0.168. The lowest BCUT2D eigenvalue weighted by atomic mass is 9.97. The van der Waals surface area contributed by atoms with E-state index in [1.54, 1.807) is 0 Å². The first-order chi connectivity index (χ1) is 6.93. The highest BCUT2D eigenvalue weighted by Crippen LogP contribution is 2.15. The number of ether oxygens (including phenoxy) is 1. The van der Waals surface area contributed by atoms with Crippen LogP contribution in [0.1, 0.15) is 6.92 Å². The van der Waals surface area contributed by atoms with Crippen LogP contribution in [-0.4, -0.2) is 53.0 Å². The molecule has 4 atom stereocenters. The first-order valence-corrected chi connectivity index (χ1v) is 4.47. The van der Waals surface area contributed by atoms with Gasteiger partial charge in [-0.15, -0.1) is 0 Å². The lowest BCUT2D eigenvalue weighted by Gasteiger charge is -2.36. The Balaban J connectivity index is 2.64. The van der Waals surface area contributed by atoms with Gasteiger partial charge in [0.2, 0.25) is 11.8 Å². The topological polar surface area (TPSA) is 122 Å². The largest absolute Gasteiger partial charge is 0.388 e. The molecule has 1 aliphatic heterocycles. The van der Waals surface area contributed by atoms with Crippen molar-refractivity contribution in [3.05, 3.63) is 0 Å². The molecule has 0 aromatic carbocycles. The van der Waals surface area contributed by atoms with Gasteiger partial charge in [-0.2, -0.15) is 0 Å². The summed E-state index contributed by atoms with van der Waals surface area (Å²) in [6.07, 6.45) is -3.92. The van der Waals surface area contributed by atoms with Gasteiger partial charge >= 0.3 is 0 Å². The van der Waals surface area contributed by atoms with E-state index in [2.05, 4.69) is 5.32 Å². The van der Waals surface area contributed by atoms with Crippen molar-refractivity contribution < 1.29 is 24.5 Å². The van der Waals surface area contributed by atoms with Crippen LogP contribution < -0.4 is 11.1 Å². The van der Waals surface area contributed by atoms with E-state index < -0.39 is 30.3 Å². The van der Waals surface area contributed by atoms with Gasteiger partial charge in [0.15, 0.2) is 6.10 Å². The Bertz CT molecular complexity index is 268. The smallest absolute Gasteiger partial charge is 0.249 e. The maximum absolute atomic E-state index is 10.8. The van der Waals surface area contributed by atoms with Gasteiger partial charge in [0.05, 0.1) is 12.6 Å². The monoisotopic (exact) mass is 218 g/mol. The number of aliphatic hydroxyl groups is 2. The fourth-order valence-electron chi connectivity index (χ4n) is 1.46. The van der Waals surface area contributed by atoms with E-state index in [-0.39, 0.29) is 12.5 Å². The highest BCUT2D eigenvalue weighted by atomic mass is 16.5. The normalized spacial score (nSPS) is 35.9. The molecular weight excluding hydrogens is 204 g/mol. The van der Waals surface area contributed by atoms with E-state index in [1.807, 2.05) is 0 Å². The van der Waals surface area contributed by atoms with Gasteiger partial charge < -0.3 is 26.0 Å². The van der Waals surface area contributed by atoms with E-state index in [0.29, 0.717) is 0 Å². The third kappa shape index (κ3) is 2.65. The van der Waals surface area contributed by atoms with Crippen molar-refractivity contribution in [3.63, 3.8) is 0 Å². The van der Waals surface area contributed by atoms with Gasteiger partial charge in [-0.3, -0.25) is 9.59 Å². The quantitative estimate of drug-likeness (QED) is 0.396. The summed E-state index contributed by atoms with van der Waals surface area (Å²) in [7, 11) is 0. The molecule has 0 unspecified atom stereocenters. The number of nitrogens with one attached hydrogen (secondary N) is 1. The molecule has 0 aromatic rings. The van der Waals surface area contributed by atoms with Crippen LogP contribution in [0.2, 0.25) is 0 Å². The third-order valence-electron chi connectivity index (χ3n) is 2.20. The SMILES string of the molecule is CC(=O)N[C@H]1CO[C@H](C(N)=O)[C@@H](O)[C@@H]1O. The van der Waals surface area contributed by atoms with Crippen molar-refractivity contribution in [3.8, 4) is 0 Å². The molecule has 2 amide bonds. The van der Waals surface area contributed by atoms with Crippen molar-refractivity contribution in [2.45, 2.75) is 31.3 Å². The minimum atomic E-state index is -1.42. The first-order valence-electron chi connectivity index (χ1n) is 4.47. The fraction of sp³-hybridized carbons (Fsp3) is 0.750. The molecule has 1 heterocycles. The van der Waals surface area contributed by atoms with Crippen LogP contribution in [0.3, 0.4) is 0 Å². The standard InChI is InChI=1S/C8H14N2O5/c1-3(11)10-4-2-15-7(8(9)14)6(13)5(4)12/h4-7,12-13H,2H2,1H3,(H2,9,14)(H,10,11)/t4-,5+,6-,7-/m0/s1. The second-order valence-electron chi connectivity index (χ2n) is 3.44. The number of hydrogen-bond donors (Lipinski definition) is 4. The molecule has 86 valence electrons. The number of carbonyl (C=O) groups is 2. The van der Waals surface area contributed by atoms with Crippen molar-refractivity contribution in [1.29, 1.82) is 0 Å². The number of primary amides is 1. The highest BCUT2D eigenvalue weighted by molar-refractivity contribution is 5.80. The summed E-state index contributed by atoms with van der Waals surface area (Å²) in [6.45, 7) is 1.21. The zero-order valence-electron chi connectivity index (χ0n) is 8.21. The third-order valence-corrected chi connectivity index (χ3v) is 2.20. The van der Waals surface area contributed by atoms with Gasteiger partial charge in [0, 0.05) is 6.92 Å². The van der Waals surface area contributed by atoms with Crippen LogP contribution in [0.5, 0.6) is 0 Å². The Morgan fingerprint density at radius 1 is 1.40 bits per heavy atom. The number of hydrogen-bond acceptors (Lipinski definition) is 5. The van der Waals surface area contributed by atoms with Gasteiger partial charge in [-0.1, -0.05) is 0 Å². The van der Waals surface area contributed by atoms with Gasteiger partial charge in [-0.25, -0.2) is 0 Å². The molecule has 0 aromatic heterocycles. The van der Waals surface area contributed by atoms with Crippen LogP contribution >= 0.6 is 0 Å². The Kier molecular flexibility index (Phi) is 3.61. The number of aliphatic hydroxyl groups excluding tert-OH is 2. The van der Waals surface area contributed by atoms with E-state index in [4.69, 9.17) is 10.5 Å². The molecule has 1 aliphatic rings. The summed E-state index contributed by atoms with van der Waals surface area (Å²) >= 11 is 0.